The predicted octanol–water partition coefficient (Wildman–Crippen LogP) is 2.26. The first-order valence-corrected chi connectivity index (χ1v) is 8.91. The maximum Gasteiger partial charge on any atom is 0.241 e. The molecule has 27 heavy (non-hydrogen) atoms. The lowest BCUT2D eigenvalue weighted by Crippen LogP contribution is -2.36. The summed E-state index contributed by atoms with van der Waals surface area (Å²) in [6.07, 6.45) is 4.24. The summed E-state index contributed by atoms with van der Waals surface area (Å²) in [7, 11) is 3.59. The number of benzene rings is 1. The van der Waals surface area contributed by atoms with Crippen LogP contribution in [0.25, 0.3) is 0 Å². The number of nitrogens with zero attached hydrogens (tertiary/aromatic N) is 2. The quantitative estimate of drug-likeness (QED) is 0.644. The summed E-state index contributed by atoms with van der Waals surface area (Å²) >= 11 is 0. The molecule has 2 N–H and O–H groups in total. The van der Waals surface area contributed by atoms with Crippen LogP contribution < -0.4 is 20.1 Å². The molecule has 1 amide bonds. The second kappa shape index (κ2) is 11.5. The lowest BCUT2D eigenvalue weighted by atomic mass is 10.1. The number of rotatable bonds is 10. The molecular formula is C19H29ClN4O3. The van der Waals surface area contributed by atoms with Crippen molar-refractivity contribution in [3.05, 3.63) is 41.7 Å². The van der Waals surface area contributed by atoms with Gasteiger partial charge in [-0.25, -0.2) is 0 Å². The van der Waals surface area contributed by atoms with Gasteiger partial charge < -0.3 is 20.1 Å². The topological polar surface area (TPSA) is 77.4 Å². The van der Waals surface area contributed by atoms with Crippen molar-refractivity contribution in [2.24, 2.45) is 7.05 Å². The number of halogens is 1. The van der Waals surface area contributed by atoms with E-state index in [-0.39, 0.29) is 18.3 Å². The van der Waals surface area contributed by atoms with Gasteiger partial charge in [-0.05, 0) is 45.0 Å². The highest BCUT2D eigenvalue weighted by Crippen LogP contribution is 2.28. The highest BCUT2D eigenvalue weighted by atomic mass is 35.5. The van der Waals surface area contributed by atoms with E-state index < -0.39 is 6.04 Å². The van der Waals surface area contributed by atoms with E-state index in [1.165, 1.54) is 0 Å². The van der Waals surface area contributed by atoms with Crippen molar-refractivity contribution >= 4 is 18.3 Å². The molecular weight excluding hydrogens is 368 g/mol. The normalized spacial score (nSPS) is 11.4. The van der Waals surface area contributed by atoms with Gasteiger partial charge in [-0.3, -0.25) is 9.48 Å². The number of aromatic nitrogens is 2. The third-order valence-electron chi connectivity index (χ3n) is 3.93. The number of carbonyl (C=O) groups is 1. The van der Waals surface area contributed by atoms with Crippen LogP contribution in [0, 0.1) is 0 Å². The van der Waals surface area contributed by atoms with Gasteiger partial charge in [-0.2, -0.15) is 5.10 Å². The molecule has 0 saturated carbocycles. The van der Waals surface area contributed by atoms with Crippen LogP contribution in [-0.4, -0.2) is 42.5 Å². The van der Waals surface area contributed by atoms with Gasteiger partial charge in [0.1, 0.15) is 6.04 Å². The van der Waals surface area contributed by atoms with Crippen molar-refractivity contribution in [3.8, 4) is 11.5 Å². The zero-order valence-corrected chi connectivity index (χ0v) is 17.1. The molecule has 7 nitrogen and oxygen atoms in total. The molecule has 8 heteroatoms. The van der Waals surface area contributed by atoms with E-state index in [9.17, 15) is 4.79 Å². The summed E-state index contributed by atoms with van der Waals surface area (Å²) in [6.45, 7) is 5.60. The van der Waals surface area contributed by atoms with Crippen molar-refractivity contribution in [1.82, 2.24) is 20.4 Å². The van der Waals surface area contributed by atoms with Crippen LogP contribution in [0.5, 0.6) is 11.5 Å². The smallest absolute Gasteiger partial charge is 0.241 e. The lowest BCUT2D eigenvalue weighted by molar-refractivity contribution is -0.123. The fourth-order valence-electron chi connectivity index (χ4n) is 2.72. The van der Waals surface area contributed by atoms with Crippen LogP contribution in [0.2, 0.25) is 0 Å². The van der Waals surface area contributed by atoms with Gasteiger partial charge in [0.2, 0.25) is 5.91 Å². The number of nitrogens with one attached hydrogen (secondary N) is 2. The summed E-state index contributed by atoms with van der Waals surface area (Å²) in [6, 6.07) is 5.47. The minimum absolute atomic E-state index is 0. The van der Waals surface area contributed by atoms with Gasteiger partial charge in [-0.15, -0.1) is 12.4 Å². The second-order valence-electron chi connectivity index (χ2n) is 5.86. The fraction of sp³-hybridized carbons (Fsp3) is 0.474. The molecule has 1 atom stereocenters. The second-order valence-corrected chi connectivity index (χ2v) is 5.86. The molecule has 2 rings (SSSR count). The van der Waals surface area contributed by atoms with Crippen LogP contribution in [0.3, 0.4) is 0 Å². The molecule has 0 aliphatic heterocycles. The number of hydrogen-bond acceptors (Lipinski definition) is 5. The largest absolute Gasteiger partial charge is 0.490 e. The Bertz CT molecular complexity index is 721. The molecule has 1 aromatic carbocycles. The van der Waals surface area contributed by atoms with Crippen LogP contribution in [-0.2, 0) is 18.3 Å². The average molecular weight is 397 g/mol. The first-order chi connectivity index (χ1) is 12.6. The predicted molar refractivity (Wildman–Crippen MR) is 108 cm³/mol. The van der Waals surface area contributed by atoms with E-state index in [4.69, 9.17) is 9.47 Å². The van der Waals surface area contributed by atoms with Gasteiger partial charge in [0.15, 0.2) is 11.5 Å². The van der Waals surface area contributed by atoms with Crippen molar-refractivity contribution < 1.29 is 14.3 Å². The van der Waals surface area contributed by atoms with E-state index >= 15 is 0 Å². The molecule has 150 valence electrons. The van der Waals surface area contributed by atoms with Gasteiger partial charge in [0, 0.05) is 25.4 Å². The maximum absolute atomic E-state index is 12.4. The standard InChI is InChI=1S/C19H28N4O3.ClH/c1-5-25-16-8-7-14(11-17(16)26-6-2)9-10-21-19(24)18(20-3)15-12-22-23(4)13-15;/h7-8,11-13,18,20H,5-6,9-10H2,1-4H3,(H,21,24);1H. The third kappa shape index (κ3) is 6.45. The Morgan fingerprint density at radius 2 is 1.93 bits per heavy atom. The molecule has 0 radical (unpaired) electrons. The molecule has 0 spiro atoms. The van der Waals surface area contributed by atoms with Crippen LogP contribution in [0.15, 0.2) is 30.6 Å². The highest BCUT2D eigenvalue weighted by molar-refractivity contribution is 5.85. The van der Waals surface area contributed by atoms with Crippen LogP contribution in [0.4, 0.5) is 0 Å². The summed E-state index contributed by atoms with van der Waals surface area (Å²) in [5.74, 6) is 1.41. The van der Waals surface area contributed by atoms with E-state index in [2.05, 4.69) is 15.7 Å². The molecule has 0 fully saturated rings. The van der Waals surface area contributed by atoms with Crippen LogP contribution >= 0.6 is 12.4 Å². The Morgan fingerprint density at radius 3 is 2.52 bits per heavy atom. The van der Waals surface area contributed by atoms with Crippen molar-refractivity contribution in [3.63, 3.8) is 0 Å². The summed E-state index contributed by atoms with van der Waals surface area (Å²) in [5.41, 5.74) is 1.92. The maximum atomic E-state index is 12.4. The molecule has 0 saturated heterocycles. The van der Waals surface area contributed by atoms with E-state index in [1.807, 2.05) is 45.3 Å². The van der Waals surface area contributed by atoms with Crippen molar-refractivity contribution in [1.29, 1.82) is 0 Å². The first-order valence-electron chi connectivity index (χ1n) is 8.91. The minimum atomic E-state index is -0.414. The van der Waals surface area contributed by atoms with Gasteiger partial charge in [-0.1, -0.05) is 6.07 Å². The summed E-state index contributed by atoms with van der Waals surface area (Å²) in [5, 5.41) is 10.1. The first kappa shape index (κ1) is 22.8. The average Bonchev–Trinajstić information content (AvgIpc) is 3.04. The molecule has 1 aromatic heterocycles. The van der Waals surface area contributed by atoms with Gasteiger partial charge >= 0.3 is 0 Å². The highest BCUT2D eigenvalue weighted by Gasteiger charge is 2.19. The number of carbonyl (C=O) groups excluding carboxylic acids is 1. The molecule has 0 aliphatic carbocycles. The Hall–Kier alpha value is -2.25. The summed E-state index contributed by atoms with van der Waals surface area (Å²) < 4.78 is 12.9. The van der Waals surface area contributed by atoms with Crippen molar-refractivity contribution in [2.45, 2.75) is 26.3 Å². The number of likely N-dealkylation sites (N-methyl/N-ethyl adjacent to an activating group) is 1. The number of ether oxygens (including phenoxy) is 2. The Labute approximate surface area is 166 Å². The zero-order chi connectivity index (χ0) is 18.9. The SMILES string of the molecule is CCOc1ccc(CCNC(=O)C(NC)c2cnn(C)c2)cc1OCC.Cl. The van der Waals surface area contributed by atoms with Gasteiger partial charge in [0.05, 0.1) is 19.4 Å². The minimum Gasteiger partial charge on any atom is -0.490 e. The fourth-order valence-corrected chi connectivity index (χ4v) is 2.72. The lowest BCUT2D eigenvalue weighted by Gasteiger charge is -2.15. The van der Waals surface area contributed by atoms with E-state index in [0.717, 1.165) is 22.6 Å². The van der Waals surface area contributed by atoms with Crippen LogP contribution in [0.1, 0.15) is 31.0 Å². The summed E-state index contributed by atoms with van der Waals surface area (Å²) in [4.78, 5) is 12.4. The van der Waals surface area contributed by atoms with E-state index in [0.29, 0.717) is 26.2 Å². The third-order valence-corrected chi connectivity index (χ3v) is 3.93. The number of aryl methyl sites for hydroxylation is 1. The van der Waals surface area contributed by atoms with E-state index in [1.54, 1.807) is 17.9 Å². The zero-order valence-electron chi connectivity index (χ0n) is 16.3. The molecule has 0 bridgehead atoms. The Kier molecular flexibility index (Phi) is 9.67. The molecule has 1 unspecified atom stereocenters. The number of amides is 1. The Morgan fingerprint density at radius 1 is 1.22 bits per heavy atom. The van der Waals surface area contributed by atoms with Gasteiger partial charge in [0.25, 0.3) is 0 Å². The number of hydrogen-bond donors (Lipinski definition) is 2. The van der Waals surface area contributed by atoms with Crippen molar-refractivity contribution in [2.75, 3.05) is 26.8 Å². The molecule has 1 heterocycles. The Balaban J connectivity index is 0.00000364. The monoisotopic (exact) mass is 396 g/mol. The molecule has 0 aliphatic rings. The molecule has 2 aromatic rings.